The molecular weight excluding hydrogens is 408 g/mol. The minimum absolute atomic E-state index is 0.0317. The highest BCUT2D eigenvalue weighted by Crippen LogP contribution is 2.34. The molecule has 1 aromatic rings. The van der Waals surface area contributed by atoms with Crippen LogP contribution in [-0.4, -0.2) is 64.5 Å². The Morgan fingerprint density at radius 3 is 2.85 bits per heavy atom. The van der Waals surface area contributed by atoms with Crippen LogP contribution in [0.25, 0.3) is 6.08 Å². The zero-order valence-electron chi connectivity index (χ0n) is 15.0. The lowest BCUT2D eigenvalue weighted by molar-refractivity contribution is -0.140. The van der Waals surface area contributed by atoms with Gasteiger partial charge in [-0.15, -0.1) is 0 Å². The minimum atomic E-state index is -3.11. The van der Waals surface area contributed by atoms with Crippen LogP contribution in [0.5, 0.6) is 0 Å². The number of hydrogen-bond donors (Lipinski definition) is 0. The van der Waals surface area contributed by atoms with Gasteiger partial charge in [-0.1, -0.05) is 24.0 Å². The maximum Gasteiger partial charge on any atom is 0.267 e. The van der Waals surface area contributed by atoms with Gasteiger partial charge in [0.1, 0.15) is 16.1 Å². The zero-order valence-corrected chi connectivity index (χ0v) is 17.4. The number of sulfone groups is 1. The van der Waals surface area contributed by atoms with Crippen molar-refractivity contribution in [3.63, 3.8) is 0 Å². The molecule has 10 heteroatoms. The van der Waals surface area contributed by atoms with Crippen LogP contribution in [0.1, 0.15) is 26.0 Å². The van der Waals surface area contributed by atoms with Gasteiger partial charge in [-0.05, 0) is 32.4 Å². The standard InChI is InChI=1S/C17H20N2O5S3/c1-3-18(12-6-8-27(22,23)10-12)15(20)11(2)19-16(21)14(26-17(19)25)9-13-5-4-7-24-13/h4-5,7,9,11-12H,3,6,8,10H2,1-2H3/b14-9-/t11-,12-/m1/s1. The number of amides is 2. The Bertz CT molecular complexity index is 892. The van der Waals surface area contributed by atoms with E-state index in [-0.39, 0.29) is 29.4 Å². The highest BCUT2D eigenvalue weighted by Gasteiger charge is 2.42. The maximum atomic E-state index is 13.0. The highest BCUT2D eigenvalue weighted by molar-refractivity contribution is 8.26. The maximum absolute atomic E-state index is 13.0. The van der Waals surface area contributed by atoms with Gasteiger partial charge in [-0.25, -0.2) is 8.42 Å². The first kappa shape index (κ1) is 20.1. The molecule has 0 radical (unpaired) electrons. The fraction of sp³-hybridized carbons (Fsp3) is 0.471. The largest absolute Gasteiger partial charge is 0.465 e. The van der Waals surface area contributed by atoms with E-state index in [0.29, 0.717) is 28.0 Å². The predicted octanol–water partition coefficient (Wildman–Crippen LogP) is 1.90. The van der Waals surface area contributed by atoms with Gasteiger partial charge in [0, 0.05) is 18.7 Å². The molecule has 0 aliphatic carbocycles. The topological polar surface area (TPSA) is 87.9 Å². The molecule has 3 heterocycles. The third-order valence-electron chi connectivity index (χ3n) is 4.66. The Morgan fingerprint density at radius 1 is 1.56 bits per heavy atom. The molecule has 0 saturated carbocycles. The molecule has 2 aliphatic heterocycles. The average molecular weight is 429 g/mol. The van der Waals surface area contributed by atoms with Crippen LogP contribution in [0.2, 0.25) is 0 Å². The number of carbonyl (C=O) groups excluding carboxylic acids is 2. The van der Waals surface area contributed by atoms with Gasteiger partial charge in [0.05, 0.1) is 22.7 Å². The fourth-order valence-corrected chi connectivity index (χ4v) is 6.41. The lowest BCUT2D eigenvalue weighted by Gasteiger charge is -2.32. The number of likely N-dealkylation sites (N-methyl/N-ethyl adjacent to an activating group) is 1. The van der Waals surface area contributed by atoms with Gasteiger partial charge < -0.3 is 9.32 Å². The first-order chi connectivity index (χ1) is 12.7. The number of nitrogens with zero attached hydrogens (tertiary/aromatic N) is 2. The van der Waals surface area contributed by atoms with Crippen LogP contribution in [0.4, 0.5) is 0 Å². The summed E-state index contributed by atoms with van der Waals surface area (Å²) >= 11 is 6.43. The van der Waals surface area contributed by atoms with Crippen LogP contribution < -0.4 is 0 Å². The van der Waals surface area contributed by atoms with Crippen molar-refractivity contribution in [2.75, 3.05) is 18.1 Å². The summed E-state index contributed by atoms with van der Waals surface area (Å²) in [6.07, 6.45) is 3.52. The van der Waals surface area contributed by atoms with Crippen molar-refractivity contribution in [1.82, 2.24) is 9.80 Å². The van der Waals surface area contributed by atoms with E-state index in [4.69, 9.17) is 16.6 Å². The summed E-state index contributed by atoms with van der Waals surface area (Å²) in [6.45, 7) is 3.80. The Labute approximate surface area is 167 Å². The Kier molecular flexibility index (Phi) is 5.78. The van der Waals surface area contributed by atoms with Gasteiger partial charge in [-0.3, -0.25) is 14.5 Å². The van der Waals surface area contributed by atoms with Gasteiger partial charge >= 0.3 is 0 Å². The molecule has 0 unspecified atom stereocenters. The Morgan fingerprint density at radius 2 is 2.30 bits per heavy atom. The van der Waals surface area contributed by atoms with Crippen molar-refractivity contribution in [3.8, 4) is 0 Å². The molecule has 2 amide bonds. The summed E-state index contributed by atoms with van der Waals surface area (Å²) in [5, 5.41) is 0. The molecule has 146 valence electrons. The second-order valence-electron chi connectivity index (χ2n) is 6.42. The third kappa shape index (κ3) is 4.12. The molecule has 3 rings (SSSR count). The van der Waals surface area contributed by atoms with Gasteiger partial charge in [0.15, 0.2) is 9.84 Å². The summed E-state index contributed by atoms with van der Waals surface area (Å²) in [5.41, 5.74) is 0. The van der Waals surface area contributed by atoms with Crippen molar-refractivity contribution in [1.29, 1.82) is 0 Å². The van der Waals surface area contributed by atoms with Gasteiger partial charge in [0.2, 0.25) is 5.91 Å². The molecule has 2 aliphatic rings. The lowest BCUT2D eigenvalue weighted by Crippen LogP contribution is -2.52. The molecule has 0 aromatic carbocycles. The predicted molar refractivity (Wildman–Crippen MR) is 108 cm³/mol. The third-order valence-corrected chi connectivity index (χ3v) is 7.74. The Hall–Kier alpha value is -1.65. The summed E-state index contributed by atoms with van der Waals surface area (Å²) in [5.74, 6) is -0.0629. The number of rotatable bonds is 5. The number of carbonyl (C=O) groups is 2. The molecular formula is C17H20N2O5S3. The molecule has 2 atom stereocenters. The van der Waals surface area contributed by atoms with E-state index < -0.39 is 15.9 Å². The van der Waals surface area contributed by atoms with Crippen LogP contribution in [0, 0.1) is 0 Å². The monoisotopic (exact) mass is 428 g/mol. The van der Waals surface area contributed by atoms with E-state index in [1.807, 2.05) is 0 Å². The molecule has 0 N–H and O–H groups in total. The summed E-state index contributed by atoms with van der Waals surface area (Å²) in [6, 6.07) is 2.28. The van der Waals surface area contributed by atoms with Crippen LogP contribution in [0.3, 0.4) is 0 Å². The number of thiocarbonyl (C=S) groups is 1. The van der Waals surface area contributed by atoms with Gasteiger partial charge in [0.25, 0.3) is 5.91 Å². The number of furan rings is 1. The second-order valence-corrected chi connectivity index (χ2v) is 10.3. The molecule has 2 saturated heterocycles. The van der Waals surface area contributed by atoms with E-state index in [9.17, 15) is 18.0 Å². The molecule has 0 bridgehead atoms. The van der Waals surface area contributed by atoms with E-state index >= 15 is 0 Å². The summed E-state index contributed by atoms with van der Waals surface area (Å²) < 4.78 is 29.1. The van der Waals surface area contributed by atoms with Crippen molar-refractivity contribution < 1.29 is 22.4 Å². The smallest absolute Gasteiger partial charge is 0.267 e. The molecule has 2 fully saturated rings. The normalized spacial score (nSPS) is 24.6. The summed E-state index contributed by atoms with van der Waals surface area (Å²) in [7, 11) is -3.11. The fourth-order valence-electron chi connectivity index (χ4n) is 3.28. The Balaban J connectivity index is 1.77. The highest BCUT2D eigenvalue weighted by atomic mass is 32.2. The van der Waals surface area contributed by atoms with Crippen molar-refractivity contribution in [3.05, 3.63) is 29.1 Å². The minimum Gasteiger partial charge on any atom is -0.465 e. The van der Waals surface area contributed by atoms with E-state index in [1.54, 1.807) is 37.0 Å². The van der Waals surface area contributed by atoms with E-state index in [2.05, 4.69) is 0 Å². The van der Waals surface area contributed by atoms with Crippen molar-refractivity contribution in [2.24, 2.45) is 0 Å². The van der Waals surface area contributed by atoms with Crippen molar-refractivity contribution in [2.45, 2.75) is 32.4 Å². The van der Waals surface area contributed by atoms with Crippen LogP contribution >= 0.6 is 24.0 Å². The average Bonchev–Trinajstić information content (AvgIpc) is 3.30. The first-order valence-electron chi connectivity index (χ1n) is 8.55. The molecule has 0 spiro atoms. The summed E-state index contributed by atoms with van der Waals surface area (Å²) in [4.78, 5) is 29.0. The van der Waals surface area contributed by atoms with Crippen LogP contribution in [-0.2, 0) is 19.4 Å². The van der Waals surface area contributed by atoms with E-state index in [1.165, 1.54) is 11.2 Å². The number of hydrogen-bond acceptors (Lipinski definition) is 7. The number of thioether (sulfide) groups is 1. The molecule has 27 heavy (non-hydrogen) atoms. The SMILES string of the molecule is CCN(C(=O)[C@@H](C)N1C(=O)/C(=C/c2ccco2)SC1=S)[C@@H]1CCS(=O)(=O)C1. The first-order valence-corrected chi connectivity index (χ1v) is 11.6. The van der Waals surface area contributed by atoms with Gasteiger partial charge in [-0.2, -0.15) is 0 Å². The second kappa shape index (κ2) is 7.76. The molecule has 7 nitrogen and oxygen atoms in total. The van der Waals surface area contributed by atoms with Crippen LogP contribution in [0.15, 0.2) is 27.7 Å². The zero-order chi connectivity index (χ0) is 19.8. The lowest BCUT2D eigenvalue weighted by atomic mass is 10.1. The molecule has 1 aromatic heterocycles. The van der Waals surface area contributed by atoms with Crippen molar-refractivity contribution >= 4 is 56.0 Å². The quantitative estimate of drug-likeness (QED) is 0.523. The van der Waals surface area contributed by atoms with E-state index in [0.717, 1.165) is 11.8 Å².